The summed E-state index contributed by atoms with van der Waals surface area (Å²) in [6.07, 6.45) is 1.59. The predicted molar refractivity (Wildman–Crippen MR) is 244 cm³/mol. The van der Waals surface area contributed by atoms with E-state index in [9.17, 15) is 9.90 Å². The first kappa shape index (κ1) is 40.5. The molecule has 0 spiro atoms. The minimum Gasteiger partial charge on any atom is -0.561 e. The molecule has 0 atom stereocenters. The summed E-state index contributed by atoms with van der Waals surface area (Å²) in [6.45, 7) is 0. The Hall–Kier alpha value is -5.68. The van der Waals surface area contributed by atoms with Gasteiger partial charge >= 0.3 is 0 Å². The van der Waals surface area contributed by atoms with Gasteiger partial charge in [-0.1, -0.05) is 170 Å². The average molecular weight is 969 g/mol. The largest absolute Gasteiger partial charge is 0.561 e. The Kier molecular flexibility index (Phi) is 13.4. The molecule has 3 nitrogen and oxygen atoms in total. The third-order valence-corrected chi connectivity index (χ3v) is 14.7. The van der Waals surface area contributed by atoms with Gasteiger partial charge in [-0.3, -0.25) is 0 Å². The van der Waals surface area contributed by atoms with E-state index in [0.29, 0.717) is 0 Å². The van der Waals surface area contributed by atoms with Crippen LogP contribution < -0.4 is 36.6 Å². The molecule has 0 fully saturated rings. The first-order chi connectivity index (χ1) is 28.1. The number of rotatable bonds is 9. The van der Waals surface area contributed by atoms with Gasteiger partial charge in [-0.2, -0.15) is 6.07 Å². The number of aromatic hydroxyl groups is 1. The summed E-state index contributed by atoms with van der Waals surface area (Å²) < 4.78 is 4.76. The third kappa shape index (κ3) is 8.74. The summed E-state index contributed by atoms with van der Waals surface area (Å²) in [6, 6.07) is 76.4. The predicted octanol–water partition coefficient (Wildman–Crippen LogP) is 10.0. The first-order valence-electron chi connectivity index (χ1n) is 18.7. The summed E-state index contributed by atoms with van der Waals surface area (Å²) in [5.74, 6) is 0.121. The number of fused-ring (bicyclic) bond motifs is 2. The molecule has 0 aliphatic heterocycles. The fraction of sp³-hybridized carbons (Fsp3) is 0.0192. The van der Waals surface area contributed by atoms with Crippen LogP contribution in [0, 0.1) is 0 Å². The number of phenolic OH excluding ortho intramolecular Hbond substituents is 1. The SMILES string of the molecule is COc1cccc([C-]=O)c1O.[Pt].c1ccc(P(c2ccccc2)c2cc(-c3cc(P(c4ccccc4)c4ccccc4)cc4ccccc34)c3ccccc3c2)cc1. The van der Waals surface area contributed by atoms with Crippen LogP contribution in [0.1, 0.15) is 5.56 Å². The first-order valence-corrected chi connectivity index (χ1v) is 21.4. The molecule has 0 saturated carbocycles. The number of hydrogen-bond acceptors (Lipinski definition) is 3. The van der Waals surface area contributed by atoms with Crippen molar-refractivity contribution in [1.29, 1.82) is 0 Å². The van der Waals surface area contributed by atoms with Crippen LogP contribution in [0.25, 0.3) is 32.7 Å². The van der Waals surface area contributed by atoms with Gasteiger partial charge < -0.3 is 14.6 Å². The Balaban J connectivity index is 0.000000372. The fourth-order valence-corrected chi connectivity index (χ4v) is 12.0. The second-order valence-electron chi connectivity index (χ2n) is 13.4. The van der Waals surface area contributed by atoms with Crippen molar-refractivity contribution in [2.24, 2.45) is 0 Å². The molecule has 0 bridgehead atoms. The Morgan fingerprint density at radius 3 is 1.16 bits per heavy atom. The summed E-state index contributed by atoms with van der Waals surface area (Å²) in [5, 5.41) is 22.5. The number of phenols is 1. The molecule has 0 amide bonds. The smallest absolute Gasteiger partial charge is 0.104 e. The fourth-order valence-electron chi connectivity index (χ4n) is 7.27. The Labute approximate surface area is 356 Å². The number of carbonyl (C=O) groups excluding carboxylic acids is 1. The van der Waals surface area contributed by atoms with Gasteiger partial charge in [0.05, 0.1) is 19.1 Å². The van der Waals surface area contributed by atoms with Crippen molar-refractivity contribution in [2.45, 2.75) is 0 Å². The zero-order valence-electron chi connectivity index (χ0n) is 31.7. The van der Waals surface area contributed by atoms with Gasteiger partial charge in [0.25, 0.3) is 0 Å². The monoisotopic (exact) mass is 968 g/mol. The van der Waals surface area contributed by atoms with Crippen molar-refractivity contribution in [3.63, 3.8) is 0 Å². The van der Waals surface area contributed by atoms with Gasteiger partial charge in [-0.15, -0.1) is 11.6 Å². The maximum atomic E-state index is 10.2. The van der Waals surface area contributed by atoms with Crippen LogP contribution in [-0.4, -0.2) is 18.5 Å². The molecule has 0 saturated heterocycles. The van der Waals surface area contributed by atoms with Crippen LogP contribution in [-0.2, 0) is 25.9 Å². The van der Waals surface area contributed by atoms with E-state index < -0.39 is 15.8 Å². The Morgan fingerprint density at radius 1 is 0.431 bits per heavy atom. The van der Waals surface area contributed by atoms with Gasteiger partial charge in [0, 0.05) is 21.1 Å². The summed E-state index contributed by atoms with van der Waals surface area (Å²) >= 11 is 0. The zero-order valence-corrected chi connectivity index (χ0v) is 35.7. The van der Waals surface area contributed by atoms with Crippen LogP contribution in [0.5, 0.6) is 11.5 Å². The van der Waals surface area contributed by atoms with Crippen molar-refractivity contribution >= 4 is 75.5 Å². The number of para-hydroxylation sites is 1. The summed E-state index contributed by atoms with van der Waals surface area (Å²) in [5.41, 5.74) is 2.70. The Bertz CT molecular complexity index is 2520. The van der Waals surface area contributed by atoms with Crippen molar-refractivity contribution in [2.75, 3.05) is 7.11 Å². The van der Waals surface area contributed by atoms with Crippen molar-refractivity contribution in [1.82, 2.24) is 0 Å². The normalized spacial score (nSPS) is 10.8. The van der Waals surface area contributed by atoms with E-state index in [-0.39, 0.29) is 38.1 Å². The van der Waals surface area contributed by atoms with E-state index in [1.54, 1.807) is 18.4 Å². The van der Waals surface area contributed by atoms with Crippen LogP contribution in [0.2, 0.25) is 0 Å². The quantitative estimate of drug-likeness (QED) is 0.116. The van der Waals surface area contributed by atoms with Gasteiger partial charge in [0.2, 0.25) is 0 Å². The second-order valence-corrected chi connectivity index (χ2v) is 17.8. The summed E-state index contributed by atoms with van der Waals surface area (Å²) in [4.78, 5) is 10.2. The van der Waals surface area contributed by atoms with E-state index in [4.69, 9.17) is 4.74 Å². The van der Waals surface area contributed by atoms with Crippen LogP contribution >= 0.6 is 15.8 Å². The number of ether oxygens (including phenoxy) is 1. The maximum absolute atomic E-state index is 10.2. The topological polar surface area (TPSA) is 46.5 Å². The molecule has 9 aromatic rings. The minimum absolute atomic E-state index is 0. The van der Waals surface area contributed by atoms with Gasteiger partial charge in [0.1, 0.15) is 5.75 Å². The maximum Gasteiger partial charge on any atom is 0.104 e. The molecule has 1 N–H and O–H groups in total. The van der Waals surface area contributed by atoms with Crippen LogP contribution in [0.4, 0.5) is 0 Å². The van der Waals surface area contributed by atoms with Gasteiger partial charge in [0.15, 0.2) is 0 Å². The molecule has 0 aliphatic carbocycles. The molecule has 0 heterocycles. The number of hydrogen-bond donors (Lipinski definition) is 1. The Morgan fingerprint density at radius 2 is 0.793 bits per heavy atom. The molecular formula is C52H39O3P2Pt-. The molecular weight excluding hydrogens is 930 g/mol. The van der Waals surface area contributed by atoms with Crippen molar-refractivity contribution < 1.29 is 35.7 Å². The van der Waals surface area contributed by atoms with Crippen LogP contribution in [0.3, 0.4) is 0 Å². The van der Waals surface area contributed by atoms with Gasteiger partial charge in [-0.25, -0.2) is 0 Å². The molecule has 58 heavy (non-hydrogen) atoms. The molecule has 0 aromatic heterocycles. The van der Waals surface area contributed by atoms with E-state index in [2.05, 4.69) is 194 Å². The number of benzene rings is 9. The average Bonchev–Trinajstić information content (AvgIpc) is 3.28. The molecule has 9 aromatic carbocycles. The molecule has 0 aliphatic rings. The van der Waals surface area contributed by atoms with E-state index in [1.165, 1.54) is 77.7 Å². The summed E-state index contributed by atoms with van der Waals surface area (Å²) in [7, 11) is -0.0943. The standard InChI is InChI=1S/C44H32P2.C8H7O3.Pt/c1-5-19-35(20-6-1)45(36-21-7-2-8-22-36)39-29-33-17-13-15-27-41(33)43(31-39)44-32-40(30-34-18-14-16-28-42(34)44)46(37-23-9-3-10-24-37)38-25-11-4-12-26-38;1-11-7-4-2-3-6(5-9)8(7)10;/h1-32H;2-4,10H,1H3;/q;-1;. The van der Waals surface area contributed by atoms with E-state index in [1.807, 2.05) is 0 Å². The third-order valence-electron chi connectivity index (χ3n) is 9.89. The van der Waals surface area contributed by atoms with Gasteiger partial charge in [-0.05, 0) is 111 Å². The molecule has 9 rings (SSSR count). The minimum atomic E-state index is -0.757. The number of methoxy groups -OCH3 is 1. The van der Waals surface area contributed by atoms with Crippen molar-refractivity contribution in [3.8, 4) is 22.6 Å². The second kappa shape index (κ2) is 19.2. The molecule has 0 unspecified atom stereocenters. The molecule has 0 radical (unpaired) electrons. The van der Waals surface area contributed by atoms with E-state index >= 15 is 0 Å². The van der Waals surface area contributed by atoms with Crippen LogP contribution in [0.15, 0.2) is 212 Å². The van der Waals surface area contributed by atoms with Crippen molar-refractivity contribution in [3.05, 3.63) is 218 Å². The van der Waals surface area contributed by atoms with E-state index in [0.717, 1.165) is 0 Å². The molecule has 6 heteroatoms. The zero-order chi connectivity index (χ0) is 39.0. The molecule has 286 valence electrons.